The molecule has 2 nitrogen and oxygen atoms in total. The molecule has 7 heteroatoms. The van der Waals surface area contributed by atoms with E-state index in [4.69, 9.17) is 23.2 Å². The fourth-order valence-electron chi connectivity index (χ4n) is 1.28. The molecule has 0 saturated heterocycles. The number of alkyl halides is 3. The van der Waals surface area contributed by atoms with Gasteiger partial charge in [-0.1, -0.05) is 23.2 Å². The second kappa shape index (κ2) is 4.74. The van der Waals surface area contributed by atoms with Crippen LogP contribution >= 0.6 is 23.2 Å². The van der Waals surface area contributed by atoms with Crippen LogP contribution in [0.5, 0.6) is 0 Å². The SMILES string of the molecule is FC(F)(F)c1cnc(-c2cc(Cl)ccc2Cl)nc1. The van der Waals surface area contributed by atoms with E-state index in [1.165, 1.54) is 12.1 Å². The predicted molar refractivity (Wildman–Crippen MR) is 62.5 cm³/mol. The van der Waals surface area contributed by atoms with Crippen molar-refractivity contribution in [3.63, 3.8) is 0 Å². The normalized spacial score (nSPS) is 11.6. The summed E-state index contributed by atoms with van der Waals surface area (Å²) >= 11 is 11.7. The molecule has 0 radical (unpaired) electrons. The van der Waals surface area contributed by atoms with Crippen LogP contribution < -0.4 is 0 Å². The van der Waals surface area contributed by atoms with Gasteiger partial charge in [-0.2, -0.15) is 13.2 Å². The van der Waals surface area contributed by atoms with Gasteiger partial charge in [-0.25, -0.2) is 9.97 Å². The lowest BCUT2D eigenvalue weighted by Gasteiger charge is -2.07. The molecule has 0 aliphatic rings. The van der Waals surface area contributed by atoms with Crippen LogP contribution in [0.2, 0.25) is 10.0 Å². The molecule has 0 aliphatic heterocycles. The average Bonchev–Trinajstić information content (AvgIpc) is 2.31. The van der Waals surface area contributed by atoms with Crippen molar-refractivity contribution >= 4 is 23.2 Å². The smallest absolute Gasteiger partial charge is 0.236 e. The van der Waals surface area contributed by atoms with Crippen LogP contribution in [0.4, 0.5) is 13.2 Å². The first kappa shape index (κ1) is 13.1. The zero-order valence-electron chi connectivity index (χ0n) is 8.67. The first-order valence-electron chi connectivity index (χ1n) is 4.72. The van der Waals surface area contributed by atoms with E-state index in [2.05, 4.69) is 9.97 Å². The number of hydrogen-bond acceptors (Lipinski definition) is 2. The quantitative estimate of drug-likeness (QED) is 0.775. The van der Waals surface area contributed by atoms with Crippen LogP contribution in [0.3, 0.4) is 0 Å². The van der Waals surface area contributed by atoms with Crippen LogP contribution in [0.15, 0.2) is 30.6 Å². The van der Waals surface area contributed by atoms with Crippen LogP contribution in [-0.4, -0.2) is 9.97 Å². The molecule has 0 aliphatic carbocycles. The Morgan fingerprint density at radius 2 is 1.61 bits per heavy atom. The van der Waals surface area contributed by atoms with Crippen LogP contribution in [0.1, 0.15) is 5.56 Å². The van der Waals surface area contributed by atoms with Crippen molar-refractivity contribution in [1.82, 2.24) is 9.97 Å². The van der Waals surface area contributed by atoms with Gasteiger partial charge in [0.2, 0.25) is 0 Å². The summed E-state index contributed by atoms with van der Waals surface area (Å²) in [6.45, 7) is 0. The molecule has 0 saturated carbocycles. The van der Waals surface area contributed by atoms with E-state index >= 15 is 0 Å². The molecule has 0 atom stereocenters. The average molecular weight is 293 g/mol. The Morgan fingerprint density at radius 3 is 2.17 bits per heavy atom. The van der Waals surface area contributed by atoms with Gasteiger partial charge in [0, 0.05) is 23.0 Å². The van der Waals surface area contributed by atoms with Crippen molar-refractivity contribution in [2.75, 3.05) is 0 Å². The topological polar surface area (TPSA) is 25.8 Å². The lowest BCUT2D eigenvalue weighted by molar-refractivity contribution is -0.138. The molecule has 0 amide bonds. The Labute approximate surface area is 110 Å². The Kier molecular flexibility index (Phi) is 3.45. The van der Waals surface area contributed by atoms with Crippen LogP contribution in [0, 0.1) is 0 Å². The van der Waals surface area contributed by atoms with Gasteiger partial charge < -0.3 is 0 Å². The van der Waals surface area contributed by atoms with Gasteiger partial charge in [-0.3, -0.25) is 0 Å². The van der Waals surface area contributed by atoms with Crippen molar-refractivity contribution in [2.24, 2.45) is 0 Å². The third-order valence-corrected chi connectivity index (χ3v) is 2.71. The zero-order valence-corrected chi connectivity index (χ0v) is 10.2. The Morgan fingerprint density at radius 1 is 1.00 bits per heavy atom. The molecular formula is C11H5Cl2F3N2. The predicted octanol–water partition coefficient (Wildman–Crippen LogP) is 4.47. The summed E-state index contributed by atoms with van der Waals surface area (Å²) < 4.78 is 37.0. The molecule has 0 fully saturated rings. The molecule has 1 aromatic heterocycles. The number of aromatic nitrogens is 2. The van der Waals surface area contributed by atoms with Gasteiger partial charge in [0.15, 0.2) is 5.82 Å². The van der Waals surface area contributed by atoms with E-state index < -0.39 is 11.7 Å². The van der Waals surface area contributed by atoms with Crippen molar-refractivity contribution in [2.45, 2.75) is 6.18 Å². The Hall–Kier alpha value is -1.33. The first-order valence-corrected chi connectivity index (χ1v) is 5.48. The molecule has 0 bridgehead atoms. The van der Waals surface area contributed by atoms with Crippen LogP contribution in [-0.2, 0) is 6.18 Å². The number of halogens is 5. The van der Waals surface area contributed by atoms with Gasteiger partial charge in [-0.15, -0.1) is 0 Å². The molecule has 0 N–H and O–H groups in total. The lowest BCUT2D eigenvalue weighted by Crippen LogP contribution is -2.06. The monoisotopic (exact) mass is 292 g/mol. The van der Waals surface area contributed by atoms with Gasteiger partial charge >= 0.3 is 6.18 Å². The molecule has 2 rings (SSSR count). The first-order chi connectivity index (χ1) is 8.38. The van der Waals surface area contributed by atoms with Gasteiger partial charge in [0.1, 0.15) is 0 Å². The summed E-state index contributed by atoms with van der Waals surface area (Å²) in [4.78, 5) is 7.29. The second-order valence-electron chi connectivity index (χ2n) is 3.42. The van der Waals surface area contributed by atoms with Crippen molar-refractivity contribution in [1.29, 1.82) is 0 Å². The molecule has 94 valence electrons. The number of rotatable bonds is 1. The summed E-state index contributed by atoms with van der Waals surface area (Å²) in [5, 5.41) is 0.719. The zero-order chi connectivity index (χ0) is 13.3. The molecule has 18 heavy (non-hydrogen) atoms. The number of benzene rings is 1. The summed E-state index contributed by atoms with van der Waals surface area (Å²) in [6, 6.07) is 4.59. The minimum atomic E-state index is -4.46. The Balaban J connectivity index is 2.43. The van der Waals surface area contributed by atoms with Crippen molar-refractivity contribution in [3.05, 3.63) is 46.2 Å². The number of nitrogens with zero attached hydrogens (tertiary/aromatic N) is 2. The third-order valence-electron chi connectivity index (χ3n) is 2.15. The maximum atomic E-state index is 12.3. The molecule has 0 spiro atoms. The maximum absolute atomic E-state index is 12.3. The summed E-state index contributed by atoms with van der Waals surface area (Å²) in [6.07, 6.45) is -3.05. The minimum absolute atomic E-state index is 0.0931. The van der Waals surface area contributed by atoms with E-state index in [1.54, 1.807) is 6.07 Å². The fourth-order valence-corrected chi connectivity index (χ4v) is 1.66. The van der Waals surface area contributed by atoms with Gasteiger partial charge in [0.05, 0.1) is 10.6 Å². The highest BCUT2D eigenvalue weighted by Gasteiger charge is 2.31. The highest BCUT2D eigenvalue weighted by atomic mass is 35.5. The van der Waals surface area contributed by atoms with E-state index in [9.17, 15) is 13.2 Å². The lowest BCUT2D eigenvalue weighted by atomic mass is 10.2. The van der Waals surface area contributed by atoms with E-state index in [0.717, 1.165) is 0 Å². The molecule has 1 aromatic carbocycles. The Bertz CT molecular complexity index is 567. The molecule has 1 heterocycles. The maximum Gasteiger partial charge on any atom is 0.419 e. The standard InChI is InChI=1S/C11H5Cl2F3N2/c12-7-1-2-9(13)8(3-7)10-17-4-6(5-18-10)11(14,15)16/h1-5H. The molecule has 2 aromatic rings. The minimum Gasteiger partial charge on any atom is -0.236 e. The highest BCUT2D eigenvalue weighted by molar-refractivity contribution is 6.35. The van der Waals surface area contributed by atoms with Crippen LogP contribution in [0.25, 0.3) is 11.4 Å². The molecule has 0 unspecified atom stereocenters. The molecular weight excluding hydrogens is 288 g/mol. The van der Waals surface area contributed by atoms with Gasteiger partial charge in [-0.05, 0) is 18.2 Å². The van der Waals surface area contributed by atoms with Crippen molar-refractivity contribution < 1.29 is 13.2 Å². The largest absolute Gasteiger partial charge is 0.419 e. The highest BCUT2D eigenvalue weighted by Crippen LogP contribution is 2.31. The van der Waals surface area contributed by atoms with E-state index in [1.807, 2.05) is 0 Å². The van der Waals surface area contributed by atoms with Crippen molar-refractivity contribution in [3.8, 4) is 11.4 Å². The summed E-state index contributed by atoms with van der Waals surface area (Å²) in [7, 11) is 0. The fraction of sp³-hybridized carbons (Fsp3) is 0.0909. The summed E-state index contributed by atoms with van der Waals surface area (Å²) in [5.74, 6) is 0.0931. The van der Waals surface area contributed by atoms with E-state index in [0.29, 0.717) is 28.0 Å². The van der Waals surface area contributed by atoms with E-state index in [-0.39, 0.29) is 5.82 Å². The summed E-state index contributed by atoms with van der Waals surface area (Å²) in [5.41, 5.74) is -0.526. The number of hydrogen-bond donors (Lipinski definition) is 0. The second-order valence-corrected chi connectivity index (χ2v) is 4.26. The third kappa shape index (κ3) is 2.73. The van der Waals surface area contributed by atoms with Gasteiger partial charge in [0.25, 0.3) is 0 Å².